The molecule has 0 radical (unpaired) electrons. The van der Waals surface area contributed by atoms with E-state index in [0.29, 0.717) is 6.61 Å². The van der Waals surface area contributed by atoms with Crippen LogP contribution in [-0.2, 0) is 12.8 Å². The summed E-state index contributed by atoms with van der Waals surface area (Å²) in [4.78, 5) is 0. The largest absolute Gasteiger partial charge is 0.488 e. The summed E-state index contributed by atoms with van der Waals surface area (Å²) in [5.74, 6) is 0.956. The van der Waals surface area contributed by atoms with Crippen molar-refractivity contribution in [2.45, 2.75) is 19.3 Å². The summed E-state index contributed by atoms with van der Waals surface area (Å²) in [5, 5.41) is 8.72. The van der Waals surface area contributed by atoms with Crippen molar-refractivity contribution in [1.82, 2.24) is 0 Å². The molecule has 0 bridgehead atoms. The lowest BCUT2D eigenvalue weighted by atomic mass is 9.98. The molecule has 0 N–H and O–H groups in total. The predicted molar refractivity (Wildman–Crippen MR) is 57.6 cm³/mol. The van der Waals surface area contributed by atoms with Crippen molar-refractivity contribution in [2.75, 3.05) is 6.61 Å². The Morgan fingerprint density at radius 3 is 3.13 bits per heavy atom. The number of hydrogen-bond donors (Lipinski definition) is 0. The molecule has 2 nitrogen and oxygen atoms in total. The van der Waals surface area contributed by atoms with Crippen molar-refractivity contribution < 1.29 is 4.74 Å². The van der Waals surface area contributed by atoms with E-state index < -0.39 is 0 Å². The molecular formula is C13H11NO. The van der Waals surface area contributed by atoms with Crippen molar-refractivity contribution in [3.8, 4) is 11.8 Å². The van der Waals surface area contributed by atoms with Crippen LogP contribution in [0.5, 0.6) is 5.75 Å². The first kappa shape index (κ1) is 8.55. The van der Waals surface area contributed by atoms with Gasteiger partial charge in [0.1, 0.15) is 12.4 Å². The Bertz CT molecular complexity index is 494. The summed E-state index contributed by atoms with van der Waals surface area (Å²) in [6.45, 7) is 0.555. The summed E-state index contributed by atoms with van der Waals surface area (Å²) < 4.78 is 5.57. The Hall–Kier alpha value is -1.75. The highest BCUT2D eigenvalue weighted by Crippen LogP contribution is 2.40. The van der Waals surface area contributed by atoms with E-state index in [2.05, 4.69) is 12.1 Å². The van der Waals surface area contributed by atoms with Gasteiger partial charge in [-0.15, -0.1) is 0 Å². The Morgan fingerprint density at radius 1 is 1.33 bits per heavy atom. The van der Waals surface area contributed by atoms with Crippen molar-refractivity contribution >= 4 is 5.57 Å². The Labute approximate surface area is 88.8 Å². The van der Waals surface area contributed by atoms with Crippen LogP contribution in [0.2, 0.25) is 0 Å². The van der Waals surface area contributed by atoms with Crippen LogP contribution in [0.25, 0.3) is 5.57 Å². The third-order valence-corrected chi connectivity index (χ3v) is 3.19. The number of benzene rings is 1. The van der Waals surface area contributed by atoms with Gasteiger partial charge in [-0.25, -0.2) is 0 Å². The van der Waals surface area contributed by atoms with Gasteiger partial charge in [0.15, 0.2) is 0 Å². The first-order valence-corrected chi connectivity index (χ1v) is 5.27. The highest BCUT2D eigenvalue weighted by Gasteiger charge is 2.25. The smallest absolute Gasteiger partial charge is 0.127 e. The average Bonchev–Trinajstić information content (AvgIpc) is 2.83. The Kier molecular flexibility index (Phi) is 1.78. The number of aryl methyl sites for hydroxylation is 1. The number of fused-ring (bicyclic) bond motifs is 3. The van der Waals surface area contributed by atoms with Gasteiger partial charge in [-0.05, 0) is 36.5 Å². The Balaban J connectivity index is 2.23. The average molecular weight is 197 g/mol. The van der Waals surface area contributed by atoms with Gasteiger partial charge in [-0.3, -0.25) is 0 Å². The maximum Gasteiger partial charge on any atom is 0.127 e. The molecule has 0 aromatic heterocycles. The molecule has 1 aliphatic carbocycles. The first-order valence-electron chi connectivity index (χ1n) is 5.27. The van der Waals surface area contributed by atoms with Crippen LogP contribution in [0.1, 0.15) is 23.1 Å². The second-order valence-electron chi connectivity index (χ2n) is 4.02. The molecule has 0 unspecified atom stereocenters. The molecule has 3 rings (SSSR count). The molecule has 15 heavy (non-hydrogen) atoms. The summed E-state index contributed by atoms with van der Waals surface area (Å²) >= 11 is 0. The molecule has 0 fully saturated rings. The highest BCUT2D eigenvalue weighted by molar-refractivity contribution is 5.79. The number of nitriles is 1. The van der Waals surface area contributed by atoms with Gasteiger partial charge in [-0.1, -0.05) is 6.07 Å². The molecule has 74 valence electrons. The number of hydrogen-bond acceptors (Lipinski definition) is 2. The minimum Gasteiger partial charge on any atom is -0.488 e. The van der Waals surface area contributed by atoms with Gasteiger partial charge >= 0.3 is 0 Å². The maximum atomic E-state index is 8.72. The summed E-state index contributed by atoms with van der Waals surface area (Å²) in [5.41, 5.74) is 5.09. The van der Waals surface area contributed by atoms with E-state index >= 15 is 0 Å². The molecule has 0 saturated heterocycles. The van der Waals surface area contributed by atoms with Gasteiger partial charge in [0.05, 0.1) is 6.07 Å². The number of rotatable bonds is 0. The number of ether oxygens (including phenoxy) is 1. The minimum atomic E-state index is 0.555. The van der Waals surface area contributed by atoms with Gasteiger partial charge in [-0.2, -0.15) is 5.26 Å². The molecule has 0 amide bonds. The van der Waals surface area contributed by atoms with Crippen LogP contribution >= 0.6 is 0 Å². The lowest BCUT2D eigenvalue weighted by molar-refractivity contribution is 0.388. The van der Waals surface area contributed by atoms with E-state index in [1.165, 1.54) is 29.5 Å². The standard InChI is InChI=1S/C13H11NO/c14-7-6-10-8-15-12-5-4-9-2-1-3-11(9)13(10)12/h4-6H,1-3,8H2. The van der Waals surface area contributed by atoms with Crippen molar-refractivity contribution in [1.29, 1.82) is 5.26 Å². The normalized spacial score (nSPS) is 19.5. The summed E-state index contributed by atoms with van der Waals surface area (Å²) in [7, 11) is 0. The molecule has 2 aliphatic rings. The van der Waals surface area contributed by atoms with Crippen LogP contribution < -0.4 is 4.74 Å². The fourth-order valence-electron chi connectivity index (χ4n) is 2.54. The molecule has 2 heteroatoms. The zero-order valence-corrected chi connectivity index (χ0v) is 8.42. The van der Waals surface area contributed by atoms with Crippen molar-refractivity contribution in [3.63, 3.8) is 0 Å². The van der Waals surface area contributed by atoms with E-state index in [4.69, 9.17) is 10.00 Å². The van der Waals surface area contributed by atoms with Crippen LogP contribution in [0.4, 0.5) is 0 Å². The first-order chi connectivity index (χ1) is 7.40. The van der Waals surface area contributed by atoms with E-state index in [1.807, 2.05) is 6.07 Å². The van der Waals surface area contributed by atoms with Crippen LogP contribution in [0.3, 0.4) is 0 Å². The number of nitrogens with zero attached hydrogens (tertiary/aromatic N) is 1. The highest BCUT2D eigenvalue weighted by atomic mass is 16.5. The quantitative estimate of drug-likeness (QED) is 0.598. The predicted octanol–water partition coefficient (Wildman–Crippen LogP) is 2.47. The molecule has 1 aliphatic heterocycles. The van der Waals surface area contributed by atoms with Crippen LogP contribution in [0, 0.1) is 11.3 Å². The number of allylic oxidation sites excluding steroid dienone is 1. The van der Waals surface area contributed by atoms with Crippen molar-refractivity contribution in [3.05, 3.63) is 34.9 Å². The lowest BCUT2D eigenvalue weighted by Gasteiger charge is -2.05. The summed E-state index contributed by atoms with van der Waals surface area (Å²) in [6, 6.07) is 6.30. The van der Waals surface area contributed by atoms with Crippen LogP contribution in [0.15, 0.2) is 18.2 Å². The topological polar surface area (TPSA) is 33.0 Å². The SMILES string of the molecule is N#CC=C1COc2ccc3c(c21)CCC3. The van der Waals surface area contributed by atoms with E-state index in [-0.39, 0.29) is 0 Å². The molecule has 0 saturated carbocycles. The zero-order valence-electron chi connectivity index (χ0n) is 8.42. The second-order valence-corrected chi connectivity index (χ2v) is 4.02. The minimum absolute atomic E-state index is 0.555. The third-order valence-electron chi connectivity index (χ3n) is 3.19. The monoisotopic (exact) mass is 197 g/mol. The Morgan fingerprint density at radius 2 is 2.27 bits per heavy atom. The molecule has 1 heterocycles. The van der Waals surface area contributed by atoms with Gasteiger partial charge in [0, 0.05) is 17.2 Å². The van der Waals surface area contributed by atoms with Gasteiger partial charge in [0.2, 0.25) is 0 Å². The fourth-order valence-corrected chi connectivity index (χ4v) is 2.54. The molecule has 1 aromatic rings. The molecule has 1 aromatic carbocycles. The van der Waals surface area contributed by atoms with Crippen molar-refractivity contribution in [2.24, 2.45) is 0 Å². The fraction of sp³-hybridized carbons (Fsp3) is 0.308. The van der Waals surface area contributed by atoms with E-state index in [9.17, 15) is 0 Å². The molecule has 0 atom stereocenters. The third kappa shape index (κ3) is 1.16. The van der Waals surface area contributed by atoms with E-state index in [0.717, 1.165) is 17.7 Å². The van der Waals surface area contributed by atoms with Gasteiger partial charge in [0.25, 0.3) is 0 Å². The maximum absolute atomic E-state index is 8.72. The second kappa shape index (κ2) is 3.13. The molecule has 0 spiro atoms. The lowest BCUT2D eigenvalue weighted by Crippen LogP contribution is -1.89. The van der Waals surface area contributed by atoms with Crippen LogP contribution in [-0.4, -0.2) is 6.61 Å². The summed E-state index contributed by atoms with van der Waals surface area (Å²) in [6.07, 6.45) is 5.14. The molecular weight excluding hydrogens is 186 g/mol. The zero-order chi connectivity index (χ0) is 10.3. The van der Waals surface area contributed by atoms with E-state index in [1.54, 1.807) is 6.08 Å². The van der Waals surface area contributed by atoms with Gasteiger partial charge < -0.3 is 4.74 Å².